The molecule has 1 fully saturated rings. The number of nitrogens with zero attached hydrogens (tertiary/aromatic N) is 1. The highest BCUT2D eigenvalue weighted by Crippen LogP contribution is 2.28. The van der Waals surface area contributed by atoms with Crippen LogP contribution in [0.2, 0.25) is 10.0 Å². The molecule has 2 aliphatic heterocycles. The van der Waals surface area contributed by atoms with E-state index in [-0.39, 0.29) is 40.5 Å². The first kappa shape index (κ1) is 24.9. The molecule has 8 nitrogen and oxygen atoms in total. The minimum Gasteiger partial charge on any atom is -0.494 e. The highest BCUT2D eigenvalue weighted by Gasteiger charge is 2.34. The van der Waals surface area contributed by atoms with Crippen LogP contribution in [0.3, 0.4) is 0 Å². The zero-order chi connectivity index (χ0) is 24.1. The van der Waals surface area contributed by atoms with Crippen LogP contribution in [0.25, 0.3) is 0 Å². The molecule has 2 heterocycles. The van der Waals surface area contributed by atoms with Gasteiger partial charge in [-0.1, -0.05) is 37.0 Å². The summed E-state index contributed by atoms with van der Waals surface area (Å²) in [7, 11) is 0. The zero-order valence-electron chi connectivity index (χ0n) is 18.3. The van der Waals surface area contributed by atoms with E-state index >= 15 is 0 Å². The molecular formula is C23H26Cl2N2O6. The number of carbonyl (C=O) groups excluding carboxylic acids is 2. The largest absolute Gasteiger partial charge is 0.494 e. The van der Waals surface area contributed by atoms with E-state index in [1.165, 1.54) is 18.2 Å². The van der Waals surface area contributed by atoms with Gasteiger partial charge in [0.2, 0.25) is 5.91 Å². The number of hydrogen-bond donors (Lipinski definition) is 2. The minimum absolute atomic E-state index is 0.00276. The molecule has 0 bridgehead atoms. The third kappa shape index (κ3) is 6.42. The summed E-state index contributed by atoms with van der Waals surface area (Å²) in [5.74, 6) is -1.83. The maximum Gasteiger partial charge on any atom is 0.328 e. The van der Waals surface area contributed by atoms with E-state index in [1.807, 2.05) is 19.9 Å². The summed E-state index contributed by atoms with van der Waals surface area (Å²) in [5, 5.41) is 11.0. The number of carboxylic acid groups (broad SMARTS) is 1. The van der Waals surface area contributed by atoms with E-state index in [0.29, 0.717) is 13.0 Å². The Morgan fingerprint density at radius 3 is 2.73 bits per heavy atom. The molecule has 0 aromatic heterocycles. The fourth-order valence-electron chi connectivity index (χ4n) is 3.58. The third-order valence-electron chi connectivity index (χ3n) is 5.23. The smallest absolute Gasteiger partial charge is 0.328 e. The topological polar surface area (TPSA) is 105 Å². The second-order valence-corrected chi connectivity index (χ2v) is 9.16. The molecule has 0 radical (unpaired) electrons. The molecule has 33 heavy (non-hydrogen) atoms. The standard InChI is InChI=1S/C23H26Cl2N2O6/c1-13(2)9-18(23(30)31)27(22(29)16-11-15(24)4-5-17(16)25)26-21(28)6-3-14-10-20-19(33-12-14)7-8-32-20/h4-5,10-13,18-19H,3,6-9H2,1-2H3,(H,26,28)(H,30,31). The molecular weight excluding hydrogens is 471 g/mol. The molecule has 2 atom stereocenters. The number of aliphatic carboxylic acids is 1. The molecule has 0 aliphatic carbocycles. The Morgan fingerprint density at radius 1 is 1.27 bits per heavy atom. The van der Waals surface area contributed by atoms with Gasteiger partial charge in [0.25, 0.3) is 5.91 Å². The fourth-order valence-corrected chi connectivity index (χ4v) is 3.95. The van der Waals surface area contributed by atoms with Crippen molar-refractivity contribution < 1.29 is 29.0 Å². The lowest BCUT2D eigenvalue weighted by molar-refractivity contribution is -0.145. The number of allylic oxidation sites excluding steroid dienone is 2. The van der Waals surface area contributed by atoms with E-state index in [2.05, 4.69) is 5.43 Å². The molecule has 2 amide bonds. The van der Waals surface area contributed by atoms with E-state index < -0.39 is 23.8 Å². The zero-order valence-corrected chi connectivity index (χ0v) is 19.9. The van der Waals surface area contributed by atoms with Gasteiger partial charge in [0.1, 0.15) is 5.76 Å². The van der Waals surface area contributed by atoms with Crippen LogP contribution in [0.1, 0.15) is 49.9 Å². The Hall–Kier alpha value is -2.71. The first-order valence-electron chi connectivity index (χ1n) is 10.7. The van der Waals surface area contributed by atoms with Crippen molar-refractivity contribution in [1.29, 1.82) is 0 Å². The number of nitrogens with one attached hydrogen (secondary N) is 1. The Balaban J connectivity index is 1.76. The minimum atomic E-state index is -1.29. The number of fused-ring (bicyclic) bond motifs is 1. The number of amides is 2. The van der Waals surface area contributed by atoms with Crippen molar-refractivity contribution in [3.8, 4) is 0 Å². The van der Waals surface area contributed by atoms with Crippen LogP contribution >= 0.6 is 23.2 Å². The van der Waals surface area contributed by atoms with Crippen molar-refractivity contribution in [2.45, 2.75) is 51.7 Å². The van der Waals surface area contributed by atoms with Crippen molar-refractivity contribution in [3.05, 3.63) is 57.5 Å². The molecule has 2 unspecified atom stereocenters. The summed E-state index contributed by atoms with van der Waals surface area (Å²) in [6, 6.07) is 3.01. The van der Waals surface area contributed by atoms with Gasteiger partial charge in [0.05, 0.1) is 23.5 Å². The predicted molar refractivity (Wildman–Crippen MR) is 122 cm³/mol. The Bertz CT molecular complexity index is 991. The summed E-state index contributed by atoms with van der Waals surface area (Å²) in [5.41, 5.74) is 3.24. The summed E-state index contributed by atoms with van der Waals surface area (Å²) >= 11 is 12.2. The lowest BCUT2D eigenvalue weighted by Gasteiger charge is -2.30. The van der Waals surface area contributed by atoms with Gasteiger partial charge in [-0.2, -0.15) is 0 Å². The van der Waals surface area contributed by atoms with Crippen molar-refractivity contribution in [2.24, 2.45) is 5.92 Å². The Kier molecular flexibility index (Phi) is 8.26. The second-order valence-electron chi connectivity index (χ2n) is 8.32. The van der Waals surface area contributed by atoms with Crippen LogP contribution in [0, 0.1) is 5.92 Å². The highest BCUT2D eigenvalue weighted by atomic mass is 35.5. The van der Waals surface area contributed by atoms with Crippen LogP contribution in [0.5, 0.6) is 0 Å². The number of carbonyl (C=O) groups is 3. The van der Waals surface area contributed by atoms with Crippen LogP contribution in [-0.4, -0.2) is 46.7 Å². The van der Waals surface area contributed by atoms with Gasteiger partial charge in [-0.15, -0.1) is 0 Å². The number of carboxylic acids is 1. The summed E-state index contributed by atoms with van der Waals surface area (Å²) < 4.78 is 11.1. The SMILES string of the molecule is CC(C)CC(C(=O)O)N(NC(=O)CCC1=COC2CCOC2=C1)C(=O)c1cc(Cl)ccc1Cl. The normalized spacial score (nSPS) is 17.8. The van der Waals surface area contributed by atoms with E-state index in [0.717, 1.165) is 22.8 Å². The number of ether oxygens (including phenoxy) is 2. The van der Waals surface area contributed by atoms with Gasteiger partial charge < -0.3 is 14.6 Å². The number of hydrazine groups is 1. The van der Waals surface area contributed by atoms with E-state index in [1.54, 1.807) is 6.26 Å². The van der Waals surface area contributed by atoms with Gasteiger partial charge in [0, 0.05) is 17.9 Å². The molecule has 1 saturated heterocycles. The Labute approximate surface area is 202 Å². The fraction of sp³-hybridized carbons (Fsp3) is 0.435. The van der Waals surface area contributed by atoms with Gasteiger partial charge in [-0.25, -0.2) is 9.80 Å². The second kappa shape index (κ2) is 10.9. The van der Waals surface area contributed by atoms with Crippen LogP contribution < -0.4 is 5.43 Å². The Morgan fingerprint density at radius 2 is 2.03 bits per heavy atom. The number of halogens is 2. The quantitative estimate of drug-likeness (QED) is 0.518. The van der Waals surface area contributed by atoms with Gasteiger partial charge in [-0.05, 0) is 48.6 Å². The molecule has 0 spiro atoms. The highest BCUT2D eigenvalue weighted by molar-refractivity contribution is 6.35. The number of rotatable bonds is 8. The molecule has 1 aromatic rings. The molecule has 3 rings (SSSR count). The summed E-state index contributed by atoms with van der Waals surface area (Å²) in [6.07, 6.45) is 4.61. The lowest BCUT2D eigenvalue weighted by Crippen LogP contribution is -2.55. The van der Waals surface area contributed by atoms with E-state index in [4.69, 9.17) is 32.7 Å². The predicted octanol–water partition coefficient (Wildman–Crippen LogP) is 4.33. The van der Waals surface area contributed by atoms with Crippen molar-refractivity contribution in [2.75, 3.05) is 6.61 Å². The van der Waals surface area contributed by atoms with Crippen molar-refractivity contribution in [1.82, 2.24) is 10.4 Å². The van der Waals surface area contributed by atoms with Gasteiger partial charge in [0.15, 0.2) is 12.1 Å². The number of benzene rings is 1. The van der Waals surface area contributed by atoms with Crippen LogP contribution in [0.15, 0.2) is 41.9 Å². The van der Waals surface area contributed by atoms with Gasteiger partial charge >= 0.3 is 5.97 Å². The maximum absolute atomic E-state index is 13.3. The van der Waals surface area contributed by atoms with Crippen LogP contribution in [-0.2, 0) is 19.1 Å². The van der Waals surface area contributed by atoms with Gasteiger partial charge in [-0.3, -0.25) is 15.0 Å². The molecule has 178 valence electrons. The molecule has 10 heteroatoms. The first-order chi connectivity index (χ1) is 15.7. The molecule has 0 saturated carbocycles. The number of hydrogen-bond acceptors (Lipinski definition) is 5. The van der Waals surface area contributed by atoms with E-state index in [9.17, 15) is 19.5 Å². The average molecular weight is 497 g/mol. The molecule has 2 N–H and O–H groups in total. The summed E-state index contributed by atoms with van der Waals surface area (Å²) in [6.45, 7) is 4.25. The third-order valence-corrected chi connectivity index (χ3v) is 5.80. The van der Waals surface area contributed by atoms with Crippen LogP contribution in [0.4, 0.5) is 0 Å². The lowest BCUT2D eigenvalue weighted by atomic mass is 10.0. The first-order valence-corrected chi connectivity index (χ1v) is 11.4. The van der Waals surface area contributed by atoms with Crippen molar-refractivity contribution in [3.63, 3.8) is 0 Å². The monoisotopic (exact) mass is 496 g/mol. The average Bonchev–Trinajstić information content (AvgIpc) is 3.23. The summed E-state index contributed by atoms with van der Waals surface area (Å²) in [4.78, 5) is 38.0. The van der Waals surface area contributed by atoms with Crippen molar-refractivity contribution >= 4 is 41.0 Å². The molecule has 1 aromatic carbocycles. The maximum atomic E-state index is 13.3. The molecule has 2 aliphatic rings.